The number of hydrazine groups is 1. The molecule has 4 nitrogen and oxygen atoms in total. The number of hydrogen-bond donors (Lipinski definition) is 2. The van der Waals surface area contributed by atoms with E-state index in [4.69, 9.17) is 5.84 Å². The van der Waals surface area contributed by atoms with Gasteiger partial charge in [-0.2, -0.15) is 10.2 Å². The molecule has 0 amide bonds. The highest BCUT2D eigenvalue weighted by molar-refractivity contribution is 5.24. The Morgan fingerprint density at radius 2 is 2.00 bits per heavy atom. The summed E-state index contributed by atoms with van der Waals surface area (Å²) in [7, 11) is 0. The molecule has 0 aliphatic rings. The van der Waals surface area contributed by atoms with Crippen molar-refractivity contribution < 1.29 is 0 Å². The van der Waals surface area contributed by atoms with Gasteiger partial charge in [-0.05, 0) is 43.2 Å². The first-order valence-corrected chi connectivity index (χ1v) is 6.66. The molecule has 0 spiro atoms. The van der Waals surface area contributed by atoms with Crippen LogP contribution in [0.5, 0.6) is 0 Å². The Labute approximate surface area is 110 Å². The molecule has 0 saturated carbocycles. The van der Waals surface area contributed by atoms with Crippen molar-refractivity contribution in [3.8, 4) is 0 Å². The number of nitrogens with one attached hydrogen (secondary N) is 1. The van der Waals surface area contributed by atoms with Crippen molar-refractivity contribution in [2.75, 3.05) is 0 Å². The van der Waals surface area contributed by atoms with Crippen LogP contribution in [0.3, 0.4) is 0 Å². The van der Waals surface area contributed by atoms with Gasteiger partial charge < -0.3 is 0 Å². The molecule has 102 valence electrons. The zero-order valence-corrected chi connectivity index (χ0v) is 12.2. The van der Waals surface area contributed by atoms with Gasteiger partial charge in [0.15, 0.2) is 0 Å². The molecule has 0 aliphatic carbocycles. The molecule has 18 heavy (non-hydrogen) atoms. The van der Waals surface area contributed by atoms with E-state index in [0.29, 0.717) is 5.41 Å². The van der Waals surface area contributed by atoms with Gasteiger partial charge in [0.25, 0.3) is 0 Å². The van der Waals surface area contributed by atoms with Gasteiger partial charge in [-0.25, -0.2) is 0 Å². The van der Waals surface area contributed by atoms with E-state index in [-0.39, 0.29) is 6.04 Å². The van der Waals surface area contributed by atoms with Gasteiger partial charge in [0, 0.05) is 6.04 Å². The lowest BCUT2D eigenvalue weighted by atomic mass is 9.87. The minimum Gasteiger partial charge on any atom is -0.271 e. The second-order valence-corrected chi connectivity index (χ2v) is 6.06. The van der Waals surface area contributed by atoms with E-state index >= 15 is 0 Å². The van der Waals surface area contributed by atoms with Crippen LogP contribution in [0.1, 0.15) is 63.5 Å². The van der Waals surface area contributed by atoms with Gasteiger partial charge in [0.2, 0.25) is 0 Å². The quantitative estimate of drug-likeness (QED) is 0.623. The first-order chi connectivity index (χ1) is 8.37. The SMILES string of the molecule is CCc1nnc(C)cc1C(CCC(C)(C)C)NN. The molecule has 0 bridgehead atoms. The van der Waals surface area contributed by atoms with Crippen LogP contribution in [0, 0.1) is 12.3 Å². The maximum Gasteiger partial charge on any atom is 0.0676 e. The lowest BCUT2D eigenvalue weighted by molar-refractivity contribution is 0.332. The van der Waals surface area contributed by atoms with Crippen molar-refractivity contribution in [1.29, 1.82) is 0 Å². The van der Waals surface area contributed by atoms with Gasteiger partial charge in [-0.3, -0.25) is 11.3 Å². The van der Waals surface area contributed by atoms with Crippen molar-refractivity contribution in [1.82, 2.24) is 15.6 Å². The topological polar surface area (TPSA) is 63.8 Å². The minimum absolute atomic E-state index is 0.161. The standard InChI is InChI=1S/C14H26N4/c1-6-12-11(9-10(2)17-18-12)13(16-15)7-8-14(3,4)5/h9,13,16H,6-8,15H2,1-5H3. The first-order valence-electron chi connectivity index (χ1n) is 6.66. The molecule has 4 heteroatoms. The fraction of sp³-hybridized carbons (Fsp3) is 0.714. The molecular formula is C14H26N4. The van der Waals surface area contributed by atoms with Gasteiger partial charge in [-0.1, -0.05) is 27.7 Å². The summed E-state index contributed by atoms with van der Waals surface area (Å²) < 4.78 is 0. The van der Waals surface area contributed by atoms with Crippen molar-refractivity contribution >= 4 is 0 Å². The van der Waals surface area contributed by atoms with Crippen molar-refractivity contribution in [2.45, 2.75) is 59.9 Å². The van der Waals surface area contributed by atoms with Crippen LogP contribution in [0.15, 0.2) is 6.07 Å². The highest BCUT2D eigenvalue weighted by Gasteiger charge is 2.19. The Hall–Kier alpha value is -1.00. The third-order valence-corrected chi connectivity index (χ3v) is 3.12. The van der Waals surface area contributed by atoms with Gasteiger partial charge in [-0.15, -0.1) is 0 Å². The van der Waals surface area contributed by atoms with E-state index < -0.39 is 0 Å². The van der Waals surface area contributed by atoms with Gasteiger partial charge in [0.1, 0.15) is 0 Å². The summed E-state index contributed by atoms with van der Waals surface area (Å²) in [4.78, 5) is 0. The number of aromatic nitrogens is 2. The fourth-order valence-electron chi connectivity index (χ4n) is 2.02. The summed E-state index contributed by atoms with van der Waals surface area (Å²) in [5.41, 5.74) is 6.42. The fourth-order valence-corrected chi connectivity index (χ4v) is 2.02. The average Bonchev–Trinajstić information content (AvgIpc) is 2.28. The van der Waals surface area contributed by atoms with E-state index in [2.05, 4.69) is 49.4 Å². The van der Waals surface area contributed by atoms with Crippen molar-refractivity contribution in [2.24, 2.45) is 11.3 Å². The Morgan fingerprint density at radius 1 is 1.33 bits per heavy atom. The second-order valence-electron chi connectivity index (χ2n) is 6.06. The zero-order valence-electron chi connectivity index (χ0n) is 12.2. The first kappa shape index (κ1) is 15.1. The molecule has 1 unspecified atom stereocenters. The number of nitrogens with two attached hydrogens (primary N) is 1. The molecule has 3 N–H and O–H groups in total. The van der Waals surface area contributed by atoms with Crippen LogP contribution in [0.4, 0.5) is 0 Å². The predicted molar refractivity (Wildman–Crippen MR) is 74.9 cm³/mol. The number of rotatable bonds is 5. The summed E-state index contributed by atoms with van der Waals surface area (Å²) in [6.07, 6.45) is 3.01. The Bertz CT molecular complexity index is 382. The van der Waals surface area contributed by atoms with Crippen LogP contribution in [-0.2, 0) is 6.42 Å². The Balaban J connectivity index is 2.90. The maximum atomic E-state index is 5.71. The summed E-state index contributed by atoms with van der Waals surface area (Å²) in [5.74, 6) is 5.71. The molecule has 0 aliphatic heterocycles. The van der Waals surface area contributed by atoms with E-state index in [9.17, 15) is 0 Å². The highest BCUT2D eigenvalue weighted by atomic mass is 15.2. The smallest absolute Gasteiger partial charge is 0.0676 e. The minimum atomic E-state index is 0.161. The van der Waals surface area contributed by atoms with Crippen LogP contribution in [0.2, 0.25) is 0 Å². The lowest BCUT2D eigenvalue weighted by Gasteiger charge is -2.24. The lowest BCUT2D eigenvalue weighted by Crippen LogP contribution is -2.30. The van der Waals surface area contributed by atoms with Gasteiger partial charge in [0.05, 0.1) is 11.4 Å². The molecule has 1 atom stereocenters. The van der Waals surface area contributed by atoms with E-state index in [0.717, 1.165) is 30.7 Å². The van der Waals surface area contributed by atoms with E-state index in [1.54, 1.807) is 0 Å². The summed E-state index contributed by atoms with van der Waals surface area (Å²) in [5, 5.41) is 8.38. The Morgan fingerprint density at radius 3 is 2.50 bits per heavy atom. The Kier molecular flexibility index (Phi) is 5.23. The normalized spacial score (nSPS) is 13.7. The van der Waals surface area contributed by atoms with Crippen molar-refractivity contribution in [3.63, 3.8) is 0 Å². The monoisotopic (exact) mass is 250 g/mol. The van der Waals surface area contributed by atoms with Crippen LogP contribution in [-0.4, -0.2) is 10.2 Å². The van der Waals surface area contributed by atoms with E-state index in [1.165, 1.54) is 5.56 Å². The summed E-state index contributed by atoms with van der Waals surface area (Å²) in [6.45, 7) is 10.8. The number of hydrogen-bond acceptors (Lipinski definition) is 4. The maximum absolute atomic E-state index is 5.71. The zero-order chi connectivity index (χ0) is 13.8. The predicted octanol–water partition coefficient (Wildman–Crippen LogP) is 2.68. The number of nitrogens with zero attached hydrogens (tertiary/aromatic N) is 2. The molecule has 1 heterocycles. The average molecular weight is 250 g/mol. The number of aryl methyl sites for hydroxylation is 2. The summed E-state index contributed by atoms with van der Waals surface area (Å²) in [6, 6.07) is 2.26. The van der Waals surface area contributed by atoms with Crippen LogP contribution in [0.25, 0.3) is 0 Å². The molecule has 1 aromatic rings. The van der Waals surface area contributed by atoms with Gasteiger partial charge >= 0.3 is 0 Å². The highest BCUT2D eigenvalue weighted by Crippen LogP contribution is 2.28. The second kappa shape index (κ2) is 6.25. The summed E-state index contributed by atoms with van der Waals surface area (Å²) >= 11 is 0. The molecule has 0 radical (unpaired) electrons. The molecule has 0 aromatic carbocycles. The molecule has 0 saturated heterocycles. The third-order valence-electron chi connectivity index (χ3n) is 3.12. The molecular weight excluding hydrogens is 224 g/mol. The molecule has 1 rings (SSSR count). The van der Waals surface area contributed by atoms with Crippen LogP contribution < -0.4 is 11.3 Å². The largest absolute Gasteiger partial charge is 0.271 e. The van der Waals surface area contributed by atoms with E-state index in [1.807, 2.05) is 6.92 Å². The molecule has 1 aromatic heterocycles. The van der Waals surface area contributed by atoms with Crippen molar-refractivity contribution in [3.05, 3.63) is 23.0 Å². The molecule has 0 fully saturated rings. The third kappa shape index (κ3) is 4.35. The van der Waals surface area contributed by atoms with Crippen LogP contribution >= 0.6 is 0 Å².